The number of anilines is 1. The highest BCUT2D eigenvalue weighted by Gasteiger charge is 2.18. The van der Waals surface area contributed by atoms with Gasteiger partial charge in [-0.1, -0.05) is 0 Å². The van der Waals surface area contributed by atoms with Gasteiger partial charge in [-0.3, -0.25) is 4.79 Å². The number of carboxylic acids is 1. The predicted molar refractivity (Wildman–Crippen MR) is 61.6 cm³/mol. The number of carbonyl (C=O) groups is 1. The van der Waals surface area contributed by atoms with Crippen molar-refractivity contribution in [3.63, 3.8) is 0 Å². The molecule has 3 nitrogen and oxygen atoms in total. The van der Waals surface area contributed by atoms with Gasteiger partial charge in [-0.25, -0.2) is 4.39 Å². The molecule has 0 spiro atoms. The summed E-state index contributed by atoms with van der Waals surface area (Å²) in [5, 5.41) is 8.64. The van der Waals surface area contributed by atoms with Crippen LogP contribution in [0.15, 0.2) is 23.1 Å². The number of hydrogen-bond donors (Lipinski definition) is 1. The SMILES string of the molecule is O=C(O)CCN1CCSc2cc(F)ccc21. The minimum absolute atomic E-state index is 0.113. The van der Waals surface area contributed by atoms with E-state index < -0.39 is 5.97 Å². The van der Waals surface area contributed by atoms with Crippen molar-refractivity contribution in [1.29, 1.82) is 0 Å². The second kappa shape index (κ2) is 4.74. The van der Waals surface area contributed by atoms with Gasteiger partial charge in [0.25, 0.3) is 0 Å². The first kappa shape index (κ1) is 11.3. The Hall–Kier alpha value is -1.23. The normalized spacial score (nSPS) is 14.7. The zero-order valence-corrected chi connectivity index (χ0v) is 9.47. The van der Waals surface area contributed by atoms with E-state index in [2.05, 4.69) is 0 Å². The van der Waals surface area contributed by atoms with E-state index in [9.17, 15) is 9.18 Å². The van der Waals surface area contributed by atoms with E-state index in [0.717, 1.165) is 22.9 Å². The van der Waals surface area contributed by atoms with Crippen LogP contribution in [0, 0.1) is 5.82 Å². The Morgan fingerprint density at radius 2 is 2.38 bits per heavy atom. The summed E-state index contributed by atoms with van der Waals surface area (Å²) in [6, 6.07) is 4.64. The summed E-state index contributed by atoms with van der Waals surface area (Å²) in [4.78, 5) is 13.4. The van der Waals surface area contributed by atoms with E-state index in [0.29, 0.717) is 6.54 Å². The molecule has 0 atom stereocenters. The Labute approximate surface area is 97.3 Å². The van der Waals surface area contributed by atoms with E-state index in [1.54, 1.807) is 17.8 Å². The van der Waals surface area contributed by atoms with Gasteiger partial charge in [0.2, 0.25) is 0 Å². The highest BCUT2D eigenvalue weighted by molar-refractivity contribution is 7.99. The molecule has 1 aromatic rings. The molecular formula is C11H12FNO2S. The Morgan fingerprint density at radius 1 is 1.56 bits per heavy atom. The summed E-state index contributed by atoms with van der Waals surface area (Å²) in [6.07, 6.45) is 0.113. The van der Waals surface area contributed by atoms with Crippen molar-refractivity contribution < 1.29 is 14.3 Å². The lowest BCUT2D eigenvalue weighted by Crippen LogP contribution is -2.31. The van der Waals surface area contributed by atoms with Crippen LogP contribution in [0.1, 0.15) is 6.42 Å². The van der Waals surface area contributed by atoms with Crippen LogP contribution < -0.4 is 4.90 Å². The topological polar surface area (TPSA) is 40.5 Å². The molecule has 86 valence electrons. The van der Waals surface area contributed by atoms with E-state index in [4.69, 9.17) is 5.11 Å². The van der Waals surface area contributed by atoms with Crippen LogP contribution in [0.5, 0.6) is 0 Å². The van der Waals surface area contributed by atoms with Gasteiger partial charge in [0.15, 0.2) is 0 Å². The minimum Gasteiger partial charge on any atom is -0.481 e. The largest absolute Gasteiger partial charge is 0.481 e. The minimum atomic E-state index is -0.804. The predicted octanol–water partition coefficient (Wildman–Crippen LogP) is 2.21. The van der Waals surface area contributed by atoms with Gasteiger partial charge >= 0.3 is 5.97 Å². The maximum absolute atomic E-state index is 13.0. The fraction of sp³-hybridized carbons (Fsp3) is 0.364. The average Bonchev–Trinajstić information content (AvgIpc) is 2.25. The second-order valence-corrected chi connectivity index (χ2v) is 4.73. The number of benzene rings is 1. The first-order chi connectivity index (χ1) is 7.66. The lowest BCUT2D eigenvalue weighted by atomic mass is 10.2. The molecule has 0 fully saturated rings. The second-order valence-electron chi connectivity index (χ2n) is 3.59. The summed E-state index contributed by atoms with van der Waals surface area (Å²) in [5.41, 5.74) is 0.943. The summed E-state index contributed by atoms with van der Waals surface area (Å²) < 4.78 is 13.0. The van der Waals surface area contributed by atoms with Crippen LogP contribution in [-0.2, 0) is 4.79 Å². The first-order valence-electron chi connectivity index (χ1n) is 5.06. The van der Waals surface area contributed by atoms with Crippen molar-refractivity contribution in [2.24, 2.45) is 0 Å². The molecule has 0 radical (unpaired) electrons. The van der Waals surface area contributed by atoms with Gasteiger partial charge in [0, 0.05) is 23.7 Å². The summed E-state index contributed by atoms with van der Waals surface area (Å²) in [7, 11) is 0. The van der Waals surface area contributed by atoms with Gasteiger partial charge < -0.3 is 10.0 Å². The molecule has 0 saturated carbocycles. The molecule has 0 aliphatic carbocycles. The van der Waals surface area contributed by atoms with E-state index >= 15 is 0 Å². The molecule has 0 amide bonds. The number of carboxylic acid groups (broad SMARTS) is 1. The third-order valence-corrected chi connectivity index (χ3v) is 3.50. The highest BCUT2D eigenvalue weighted by Crippen LogP contribution is 2.34. The molecule has 1 aromatic carbocycles. The fourth-order valence-corrected chi connectivity index (χ4v) is 2.79. The number of halogens is 1. The van der Waals surface area contributed by atoms with Crippen molar-refractivity contribution in [1.82, 2.24) is 0 Å². The lowest BCUT2D eigenvalue weighted by molar-refractivity contribution is -0.136. The fourth-order valence-electron chi connectivity index (χ4n) is 1.71. The van der Waals surface area contributed by atoms with E-state index in [1.165, 1.54) is 12.1 Å². The van der Waals surface area contributed by atoms with Crippen LogP contribution in [0.3, 0.4) is 0 Å². The maximum atomic E-state index is 13.0. The number of hydrogen-bond acceptors (Lipinski definition) is 3. The molecule has 1 heterocycles. The molecule has 0 aromatic heterocycles. The zero-order chi connectivity index (χ0) is 11.5. The van der Waals surface area contributed by atoms with E-state index in [1.807, 2.05) is 4.90 Å². The monoisotopic (exact) mass is 241 g/mol. The third-order valence-electron chi connectivity index (χ3n) is 2.48. The smallest absolute Gasteiger partial charge is 0.305 e. The highest BCUT2D eigenvalue weighted by atomic mass is 32.2. The maximum Gasteiger partial charge on any atom is 0.305 e. The van der Waals surface area contributed by atoms with Crippen LogP contribution in [-0.4, -0.2) is 29.9 Å². The average molecular weight is 241 g/mol. The van der Waals surface area contributed by atoms with E-state index in [-0.39, 0.29) is 12.2 Å². The Kier molecular flexibility index (Phi) is 3.33. The molecule has 5 heteroatoms. The molecule has 2 rings (SSSR count). The van der Waals surface area contributed by atoms with Gasteiger partial charge in [-0.15, -0.1) is 11.8 Å². The van der Waals surface area contributed by atoms with Gasteiger partial charge in [0.05, 0.1) is 12.1 Å². The van der Waals surface area contributed by atoms with Crippen molar-refractivity contribution in [3.8, 4) is 0 Å². The molecule has 1 aliphatic rings. The number of fused-ring (bicyclic) bond motifs is 1. The standard InChI is InChI=1S/C11H12FNO2S/c12-8-1-2-9-10(7-8)16-6-5-13(9)4-3-11(14)15/h1-2,7H,3-6H2,(H,14,15). The summed E-state index contributed by atoms with van der Waals surface area (Å²) in [6.45, 7) is 1.30. The summed E-state index contributed by atoms with van der Waals surface area (Å²) in [5.74, 6) is -0.177. The van der Waals surface area contributed by atoms with Crippen molar-refractivity contribution in [2.75, 3.05) is 23.7 Å². The van der Waals surface area contributed by atoms with Crippen LogP contribution in [0.25, 0.3) is 0 Å². The number of nitrogens with zero attached hydrogens (tertiary/aromatic N) is 1. The molecule has 16 heavy (non-hydrogen) atoms. The van der Waals surface area contributed by atoms with Crippen LogP contribution in [0.4, 0.5) is 10.1 Å². The molecule has 0 saturated heterocycles. The first-order valence-corrected chi connectivity index (χ1v) is 6.04. The molecule has 1 aliphatic heterocycles. The molecule has 0 bridgehead atoms. The quantitative estimate of drug-likeness (QED) is 0.880. The number of thioether (sulfide) groups is 1. The van der Waals surface area contributed by atoms with Crippen molar-refractivity contribution in [2.45, 2.75) is 11.3 Å². The third kappa shape index (κ3) is 2.47. The van der Waals surface area contributed by atoms with Crippen LogP contribution >= 0.6 is 11.8 Å². The van der Waals surface area contributed by atoms with Crippen LogP contribution in [0.2, 0.25) is 0 Å². The zero-order valence-electron chi connectivity index (χ0n) is 8.65. The summed E-state index contributed by atoms with van der Waals surface area (Å²) >= 11 is 1.61. The van der Waals surface area contributed by atoms with Gasteiger partial charge in [-0.2, -0.15) is 0 Å². The lowest BCUT2D eigenvalue weighted by Gasteiger charge is -2.30. The Bertz CT molecular complexity index is 411. The number of rotatable bonds is 3. The Balaban J connectivity index is 2.16. The molecule has 0 unspecified atom stereocenters. The van der Waals surface area contributed by atoms with Gasteiger partial charge in [-0.05, 0) is 18.2 Å². The molecule has 1 N–H and O–H groups in total. The van der Waals surface area contributed by atoms with Crippen molar-refractivity contribution in [3.05, 3.63) is 24.0 Å². The molecular weight excluding hydrogens is 229 g/mol. The Morgan fingerprint density at radius 3 is 3.12 bits per heavy atom. The van der Waals surface area contributed by atoms with Crippen molar-refractivity contribution >= 4 is 23.4 Å². The number of aliphatic carboxylic acids is 1. The van der Waals surface area contributed by atoms with Gasteiger partial charge in [0.1, 0.15) is 5.82 Å².